The van der Waals surface area contributed by atoms with Gasteiger partial charge in [-0.2, -0.15) is 0 Å². The van der Waals surface area contributed by atoms with E-state index in [0.717, 1.165) is 61.7 Å². The molecule has 1 fully saturated rings. The lowest BCUT2D eigenvalue weighted by atomic mass is 9.50. The van der Waals surface area contributed by atoms with Crippen LogP contribution in [0.5, 0.6) is 0 Å². The van der Waals surface area contributed by atoms with Crippen LogP contribution in [0.1, 0.15) is 85.0 Å². The normalized spacial score (nSPS) is 38.7. The minimum atomic E-state index is -0.421. The SMILES string of the molecule is CCCCOC(=O)[C@@H]1CC2=CC(=O)CCC2(C)C2=C1C1=CC[C@@]3(C)CCC(=O)C13CC2. The van der Waals surface area contributed by atoms with Crippen molar-refractivity contribution in [2.75, 3.05) is 6.61 Å². The molecule has 5 aliphatic rings. The van der Waals surface area contributed by atoms with Crippen molar-refractivity contribution in [2.24, 2.45) is 22.2 Å². The first-order valence-corrected chi connectivity index (χ1v) is 12.2. The number of ketones is 2. The summed E-state index contributed by atoms with van der Waals surface area (Å²) in [7, 11) is 0. The molecule has 2 unspecified atom stereocenters. The van der Waals surface area contributed by atoms with Crippen LogP contribution in [0.15, 0.2) is 34.4 Å². The van der Waals surface area contributed by atoms with Crippen molar-refractivity contribution < 1.29 is 19.1 Å². The Morgan fingerprint density at radius 3 is 2.71 bits per heavy atom. The van der Waals surface area contributed by atoms with E-state index in [1.807, 2.05) is 0 Å². The van der Waals surface area contributed by atoms with Crippen molar-refractivity contribution >= 4 is 17.5 Å². The molecule has 0 amide bonds. The molecule has 5 rings (SSSR count). The van der Waals surface area contributed by atoms with E-state index in [2.05, 4.69) is 26.8 Å². The fourth-order valence-corrected chi connectivity index (χ4v) is 7.43. The number of unbranched alkanes of at least 4 members (excludes halogenated alkanes) is 1. The third-order valence-electron chi connectivity index (χ3n) is 9.37. The number of ether oxygens (including phenoxy) is 1. The van der Waals surface area contributed by atoms with Gasteiger partial charge in [-0.15, -0.1) is 0 Å². The third kappa shape index (κ3) is 2.69. The number of fused-ring (bicyclic) bond motifs is 3. The molecule has 0 aromatic rings. The maximum atomic E-state index is 13.3. The van der Waals surface area contributed by atoms with Crippen LogP contribution in [0.3, 0.4) is 0 Å². The standard InChI is InChI=1S/C27H34O4/c1-4-5-14-31-24(30)19-16-17-15-18(28)6-12-26(17,3)20-8-13-27-21(23(19)20)7-10-25(27,2)11-9-22(27)29/h7,15,19H,4-6,8-14,16H2,1-3H3/t19-,25+,26?,27?/m1/s1. The van der Waals surface area contributed by atoms with Crippen LogP contribution in [0.4, 0.5) is 0 Å². The number of hydrogen-bond donors (Lipinski definition) is 0. The van der Waals surface area contributed by atoms with E-state index in [1.165, 1.54) is 5.57 Å². The van der Waals surface area contributed by atoms with Crippen molar-refractivity contribution in [3.8, 4) is 0 Å². The van der Waals surface area contributed by atoms with Gasteiger partial charge in [-0.25, -0.2) is 0 Å². The van der Waals surface area contributed by atoms with Crippen molar-refractivity contribution in [1.82, 2.24) is 0 Å². The van der Waals surface area contributed by atoms with E-state index >= 15 is 0 Å². The molecule has 4 atom stereocenters. The molecular formula is C27H34O4. The van der Waals surface area contributed by atoms with Gasteiger partial charge < -0.3 is 4.74 Å². The van der Waals surface area contributed by atoms with Crippen LogP contribution in [-0.4, -0.2) is 24.1 Å². The summed E-state index contributed by atoms with van der Waals surface area (Å²) >= 11 is 0. The van der Waals surface area contributed by atoms with Gasteiger partial charge in [-0.05, 0) is 67.6 Å². The maximum Gasteiger partial charge on any atom is 0.313 e. The first kappa shape index (κ1) is 20.9. The second-order valence-corrected chi connectivity index (χ2v) is 10.8. The summed E-state index contributed by atoms with van der Waals surface area (Å²) in [5.74, 6) is -0.0376. The highest BCUT2D eigenvalue weighted by Gasteiger charge is 2.65. The number of esters is 1. The highest BCUT2D eigenvalue weighted by molar-refractivity contribution is 5.96. The summed E-state index contributed by atoms with van der Waals surface area (Å²) in [5.41, 5.74) is 4.04. The lowest BCUT2D eigenvalue weighted by molar-refractivity contribution is -0.148. The Bertz CT molecular complexity index is 966. The second kappa shape index (κ2) is 7.02. The summed E-state index contributed by atoms with van der Waals surface area (Å²) in [4.78, 5) is 39.0. The van der Waals surface area contributed by atoms with Gasteiger partial charge in [0.25, 0.3) is 0 Å². The smallest absolute Gasteiger partial charge is 0.313 e. The summed E-state index contributed by atoms with van der Waals surface area (Å²) in [5, 5.41) is 0. The zero-order valence-electron chi connectivity index (χ0n) is 19.1. The summed E-state index contributed by atoms with van der Waals surface area (Å²) < 4.78 is 5.72. The quantitative estimate of drug-likeness (QED) is 0.448. The number of rotatable bonds is 4. The molecule has 0 aromatic heterocycles. The van der Waals surface area contributed by atoms with E-state index in [0.29, 0.717) is 31.7 Å². The Morgan fingerprint density at radius 2 is 1.94 bits per heavy atom. The molecule has 0 aromatic carbocycles. The number of hydrogen-bond acceptors (Lipinski definition) is 4. The molecule has 1 saturated carbocycles. The minimum absolute atomic E-state index is 0.0197. The molecule has 166 valence electrons. The molecule has 0 N–H and O–H groups in total. The van der Waals surface area contributed by atoms with Crippen LogP contribution in [-0.2, 0) is 19.1 Å². The van der Waals surface area contributed by atoms with Crippen LogP contribution >= 0.6 is 0 Å². The Labute approximate surface area is 185 Å². The molecule has 1 spiro atoms. The lowest BCUT2D eigenvalue weighted by Gasteiger charge is -2.52. The average Bonchev–Trinajstić information content (AvgIpc) is 3.18. The molecule has 5 aliphatic carbocycles. The maximum absolute atomic E-state index is 13.3. The fraction of sp³-hybridized carbons (Fsp3) is 0.667. The van der Waals surface area contributed by atoms with Gasteiger partial charge in [-0.1, -0.05) is 44.4 Å². The van der Waals surface area contributed by atoms with Crippen LogP contribution in [0, 0.1) is 22.2 Å². The van der Waals surface area contributed by atoms with Crippen molar-refractivity contribution in [1.29, 1.82) is 0 Å². The van der Waals surface area contributed by atoms with Crippen molar-refractivity contribution in [3.05, 3.63) is 34.4 Å². The Hall–Kier alpha value is -1.97. The van der Waals surface area contributed by atoms with E-state index in [9.17, 15) is 14.4 Å². The fourth-order valence-electron chi connectivity index (χ4n) is 7.43. The largest absolute Gasteiger partial charge is 0.465 e. The van der Waals surface area contributed by atoms with Gasteiger partial charge in [-0.3, -0.25) is 14.4 Å². The molecule has 0 saturated heterocycles. The van der Waals surface area contributed by atoms with Gasteiger partial charge in [0.15, 0.2) is 5.78 Å². The first-order valence-electron chi connectivity index (χ1n) is 12.2. The molecule has 31 heavy (non-hydrogen) atoms. The molecular weight excluding hydrogens is 388 g/mol. The number of Topliss-reactive ketones (excluding diaryl/α,β-unsaturated/α-hetero) is 1. The van der Waals surface area contributed by atoms with Gasteiger partial charge in [0.1, 0.15) is 5.78 Å². The molecule has 0 radical (unpaired) electrons. The zero-order chi connectivity index (χ0) is 22.0. The predicted octanol–water partition coefficient (Wildman–Crippen LogP) is 5.42. The van der Waals surface area contributed by atoms with E-state index in [1.54, 1.807) is 6.08 Å². The number of carbonyl (C=O) groups is 3. The van der Waals surface area contributed by atoms with E-state index in [4.69, 9.17) is 4.74 Å². The Balaban J connectivity index is 1.64. The summed E-state index contributed by atoms with van der Waals surface area (Å²) in [6.07, 6.45) is 12.0. The Kier molecular flexibility index (Phi) is 4.73. The van der Waals surface area contributed by atoms with Crippen LogP contribution in [0.25, 0.3) is 0 Å². The van der Waals surface area contributed by atoms with E-state index in [-0.39, 0.29) is 22.6 Å². The Morgan fingerprint density at radius 1 is 1.13 bits per heavy atom. The van der Waals surface area contributed by atoms with E-state index < -0.39 is 11.3 Å². The second-order valence-electron chi connectivity index (χ2n) is 10.8. The summed E-state index contributed by atoms with van der Waals surface area (Å²) in [6.45, 7) is 7.04. The zero-order valence-corrected chi connectivity index (χ0v) is 19.1. The first-order chi connectivity index (χ1) is 14.8. The molecule has 0 bridgehead atoms. The number of carbonyl (C=O) groups excluding carboxylic acids is 3. The van der Waals surface area contributed by atoms with Crippen LogP contribution < -0.4 is 0 Å². The van der Waals surface area contributed by atoms with Gasteiger partial charge in [0.05, 0.1) is 17.9 Å². The number of allylic oxidation sites excluding steroid dienone is 5. The van der Waals surface area contributed by atoms with Gasteiger partial charge in [0.2, 0.25) is 0 Å². The van der Waals surface area contributed by atoms with Gasteiger partial charge >= 0.3 is 5.97 Å². The average molecular weight is 423 g/mol. The molecule has 4 nitrogen and oxygen atoms in total. The van der Waals surface area contributed by atoms with Crippen molar-refractivity contribution in [2.45, 2.75) is 85.0 Å². The molecule has 0 aliphatic heterocycles. The monoisotopic (exact) mass is 422 g/mol. The molecule has 0 heterocycles. The molecule has 4 heteroatoms. The van der Waals surface area contributed by atoms with Crippen molar-refractivity contribution in [3.63, 3.8) is 0 Å². The summed E-state index contributed by atoms with van der Waals surface area (Å²) in [6, 6.07) is 0. The van der Waals surface area contributed by atoms with Gasteiger partial charge in [0, 0.05) is 18.3 Å². The topological polar surface area (TPSA) is 60.4 Å². The highest BCUT2D eigenvalue weighted by atomic mass is 16.5. The minimum Gasteiger partial charge on any atom is -0.465 e. The third-order valence-corrected chi connectivity index (χ3v) is 9.37. The predicted molar refractivity (Wildman–Crippen MR) is 118 cm³/mol. The lowest BCUT2D eigenvalue weighted by Crippen LogP contribution is -2.46. The van der Waals surface area contributed by atoms with Crippen LogP contribution in [0.2, 0.25) is 0 Å². The highest BCUT2D eigenvalue weighted by Crippen LogP contribution is 2.70.